The Morgan fingerprint density at radius 1 is 0.500 bits per heavy atom. The molecule has 6 rings (SSSR count). The minimum Gasteiger partial charge on any atom is -0.0766 e. The van der Waals surface area contributed by atoms with Gasteiger partial charge in [0.25, 0.3) is 0 Å². The van der Waals surface area contributed by atoms with E-state index in [4.69, 9.17) is 0 Å². The number of hydrogen-bond acceptors (Lipinski definition) is 0. The van der Waals surface area contributed by atoms with E-state index in [1.807, 2.05) is 0 Å². The van der Waals surface area contributed by atoms with Crippen LogP contribution in [-0.4, -0.2) is 0 Å². The summed E-state index contributed by atoms with van der Waals surface area (Å²) in [5, 5.41) is 5.34. The number of benzene rings is 4. The first-order chi connectivity index (χ1) is 14.7. The Morgan fingerprint density at radius 2 is 0.933 bits per heavy atom. The highest BCUT2D eigenvalue weighted by molar-refractivity contribution is 6.11. The molecule has 0 aliphatic heterocycles. The molecule has 0 amide bonds. The van der Waals surface area contributed by atoms with Crippen molar-refractivity contribution in [1.82, 2.24) is 0 Å². The van der Waals surface area contributed by atoms with E-state index >= 15 is 0 Å². The Kier molecular flexibility index (Phi) is 3.83. The van der Waals surface area contributed by atoms with Crippen LogP contribution in [0.2, 0.25) is 0 Å². The average Bonchev–Trinajstić information content (AvgIpc) is 2.79. The quantitative estimate of drug-likeness (QED) is 0.286. The molecule has 0 N–H and O–H groups in total. The average molecular weight is 385 g/mol. The first-order valence-corrected chi connectivity index (χ1v) is 10.9. The molecule has 0 spiro atoms. The lowest BCUT2D eigenvalue weighted by atomic mass is 9.72. The largest absolute Gasteiger partial charge is 0.0766 e. The highest BCUT2D eigenvalue weighted by Crippen LogP contribution is 2.48. The number of hydrogen-bond donors (Lipinski definition) is 0. The SMILES string of the molecule is C[C@@H]1C=Cc2ccc3ccccc3c2/C1=C1/c2c(ccc3ccccc23)C=C[C@H]1C. The molecule has 0 nitrogen and oxygen atoms in total. The molecular formula is C30H24. The van der Waals surface area contributed by atoms with Crippen LogP contribution < -0.4 is 0 Å². The lowest BCUT2D eigenvalue weighted by Gasteiger charge is -2.31. The molecule has 0 saturated heterocycles. The van der Waals surface area contributed by atoms with Gasteiger partial charge in [0.15, 0.2) is 0 Å². The van der Waals surface area contributed by atoms with Crippen molar-refractivity contribution in [3.63, 3.8) is 0 Å². The lowest BCUT2D eigenvalue weighted by Crippen LogP contribution is -2.12. The molecule has 4 aromatic rings. The maximum atomic E-state index is 2.37. The molecule has 30 heavy (non-hydrogen) atoms. The van der Waals surface area contributed by atoms with Crippen LogP contribution in [-0.2, 0) is 0 Å². The minimum atomic E-state index is 0.374. The smallest absolute Gasteiger partial charge is 0.000245 e. The molecule has 0 bridgehead atoms. The highest BCUT2D eigenvalue weighted by atomic mass is 14.3. The maximum Gasteiger partial charge on any atom is 0.000245 e. The van der Waals surface area contributed by atoms with Crippen LogP contribution in [0, 0.1) is 11.8 Å². The summed E-state index contributed by atoms with van der Waals surface area (Å²) < 4.78 is 0. The van der Waals surface area contributed by atoms with Gasteiger partial charge >= 0.3 is 0 Å². The Labute approximate surface area is 177 Å². The molecule has 0 fully saturated rings. The van der Waals surface area contributed by atoms with Gasteiger partial charge < -0.3 is 0 Å². The molecule has 144 valence electrons. The summed E-state index contributed by atoms with van der Waals surface area (Å²) in [6.07, 6.45) is 9.36. The Hall–Kier alpha value is -3.38. The van der Waals surface area contributed by atoms with E-state index in [1.165, 1.54) is 54.9 Å². The van der Waals surface area contributed by atoms with Crippen LogP contribution in [0.4, 0.5) is 0 Å². The van der Waals surface area contributed by atoms with Gasteiger partial charge in [0.1, 0.15) is 0 Å². The second-order valence-corrected chi connectivity index (χ2v) is 8.62. The Bertz CT molecular complexity index is 1300. The molecule has 0 heteroatoms. The summed E-state index contributed by atoms with van der Waals surface area (Å²) in [6.45, 7) is 4.69. The molecule has 2 aliphatic carbocycles. The van der Waals surface area contributed by atoms with Crippen molar-refractivity contribution in [2.75, 3.05) is 0 Å². The van der Waals surface area contributed by atoms with E-state index in [0.717, 1.165) is 0 Å². The van der Waals surface area contributed by atoms with E-state index in [0.29, 0.717) is 11.8 Å². The number of rotatable bonds is 0. The zero-order valence-corrected chi connectivity index (χ0v) is 17.4. The molecule has 2 aliphatic rings. The highest BCUT2D eigenvalue weighted by Gasteiger charge is 2.28. The van der Waals surface area contributed by atoms with Gasteiger partial charge in [0.05, 0.1) is 0 Å². The summed E-state index contributed by atoms with van der Waals surface area (Å²) in [5.41, 5.74) is 8.46. The van der Waals surface area contributed by atoms with Crippen molar-refractivity contribution in [2.45, 2.75) is 13.8 Å². The lowest BCUT2D eigenvalue weighted by molar-refractivity contribution is 0.917. The topological polar surface area (TPSA) is 0 Å². The summed E-state index contributed by atoms with van der Waals surface area (Å²) in [5.74, 6) is 0.748. The fraction of sp³-hybridized carbons (Fsp3) is 0.133. The second-order valence-electron chi connectivity index (χ2n) is 8.62. The number of allylic oxidation sites excluding steroid dienone is 4. The molecule has 0 radical (unpaired) electrons. The fourth-order valence-electron chi connectivity index (χ4n) is 5.36. The molecular weight excluding hydrogens is 360 g/mol. The van der Waals surface area contributed by atoms with Gasteiger partial charge in [-0.05, 0) is 54.9 Å². The molecule has 0 aromatic heterocycles. The standard InChI is InChI=1S/C30H24/c1-19-11-13-23-17-15-21-7-3-5-9-25(21)29(23)27(19)28-20(2)12-14-24-18-16-22-8-4-6-10-26(22)30(24)28/h3-20H,1-2H3/b28-27+/t19-,20-/m1/s1. The van der Waals surface area contributed by atoms with E-state index in [1.54, 1.807) is 0 Å². The predicted molar refractivity (Wildman–Crippen MR) is 131 cm³/mol. The third kappa shape index (κ3) is 2.47. The first kappa shape index (κ1) is 17.5. The first-order valence-electron chi connectivity index (χ1n) is 10.9. The fourth-order valence-corrected chi connectivity index (χ4v) is 5.36. The van der Waals surface area contributed by atoms with Crippen molar-refractivity contribution in [3.05, 3.63) is 107 Å². The second kappa shape index (κ2) is 6.57. The van der Waals surface area contributed by atoms with Gasteiger partial charge in [-0.1, -0.05) is 111 Å². The van der Waals surface area contributed by atoms with Crippen molar-refractivity contribution >= 4 is 44.8 Å². The normalized spacial score (nSPS) is 22.3. The van der Waals surface area contributed by atoms with Crippen LogP contribution in [0.5, 0.6) is 0 Å². The van der Waals surface area contributed by atoms with Crippen LogP contribution in [0.15, 0.2) is 84.9 Å². The van der Waals surface area contributed by atoms with Gasteiger partial charge in [-0.3, -0.25) is 0 Å². The van der Waals surface area contributed by atoms with E-state index < -0.39 is 0 Å². The maximum absolute atomic E-state index is 2.37. The van der Waals surface area contributed by atoms with Gasteiger partial charge in [-0.2, -0.15) is 0 Å². The zero-order chi connectivity index (χ0) is 20.2. The summed E-state index contributed by atoms with van der Waals surface area (Å²) in [7, 11) is 0. The van der Waals surface area contributed by atoms with Crippen LogP contribution in [0.1, 0.15) is 36.1 Å². The van der Waals surface area contributed by atoms with Gasteiger partial charge in [-0.25, -0.2) is 0 Å². The summed E-state index contributed by atoms with van der Waals surface area (Å²) in [4.78, 5) is 0. The summed E-state index contributed by atoms with van der Waals surface area (Å²) in [6, 6.07) is 26.7. The molecule has 0 heterocycles. The Morgan fingerprint density at radius 3 is 1.40 bits per heavy atom. The predicted octanol–water partition coefficient (Wildman–Crippen LogP) is 8.23. The summed E-state index contributed by atoms with van der Waals surface area (Å²) >= 11 is 0. The minimum absolute atomic E-state index is 0.374. The van der Waals surface area contributed by atoms with Crippen LogP contribution in [0.3, 0.4) is 0 Å². The van der Waals surface area contributed by atoms with Gasteiger partial charge in [0, 0.05) is 11.8 Å². The molecule has 4 aromatic carbocycles. The van der Waals surface area contributed by atoms with Crippen molar-refractivity contribution in [1.29, 1.82) is 0 Å². The van der Waals surface area contributed by atoms with E-state index in [2.05, 4.69) is 111 Å². The monoisotopic (exact) mass is 384 g/mol. The van der Waals surface area contributed by atoms with Crippen molar-refractivity contribution in [2.24, 2.45) is 11.8 Å². The molecule has 0 unspecified atom stereocenters. The van der Waals surface area contributed by atoms with Crippen molar-refractivity contribution in [3.8, 4) is 0 Å². The third-order valence-electron chi connectivity index (χ3n) is 6.79. The van der Waals surface area contributed by atoms with Crippen molar-refractivity contribution < 1.29 is 0 Å². The molecule has 2 atom stereocenters. The van der Waals surface area contributed by atoms with Crippen LogP contribution >= 0.6 is 0 Å². The Balaban J connectivity index is 1.79. The molecule has 0 saturated carbocycles. The van der Waals surface area contributed by atoms with Gasteiger partial charge in [-0.15, -0.1) is 0 Å². The van der Waals surface area contributed by atoms with Crippen LogP contribution in [0.25, 0.3) is 44.8 Å². The number of fused-ring (bicyclic) bond motifs is 6. The third-order valence-corrected chi connectivity index (χ3v) is 6.79. The van der Waals surface area contributed by atoms with E-state index in [-0.39, 0.29) is 0 Å². The zero-order valence-electron chi connectivity index (χ0n) is 17.4. The van der Waals surface area contributed by atoms with E-state index in [9.17, 15) is 0 Å². The van der Waals surface area contributed by atoms with Gasteiger partial charge in [0.2, 0.25) is 0 Å².